The largest absolute Gasteiger partial charge is 0.380 e. The topological polar surface area (TPSA) is 42.1 Å². The molecular weight excluding hydrogens is 214 g/mol. The van der Waals surface area contributed by atoms with E-state index in [0.29, 0.717) is 6.61 Å². The molecule has 1 aromatic heterocycles. The van der Waals surface area contributed by atoms with Gasteiger partial charge in [-0.3, -0.25) is 4.79 Å². The molecule has 0 atom stereocenters. The van der Waals surface area contributed by atoms with Crippen LogP contribution in [0.25, 0.3) is 10.9 Å². The van der Waals surface area contributed by atoms with Crippen LogP contribution >= 0.6 is 0 Å². The third-order valence-electron chi connectivity index (χ3n) is 3.12. The highest BCUT2D eigenvalue weighted by Crippen LogP contribution is 2.17. The van der Waals surface area contributed by atoms with Crippen LogP contribution in [0.4, 0.5) is 0 Å². The van der Waals surface area contributed by atoms with Crippen molar-refractivity contribution in [2.24, 2.45) is 0 Å². The highest BCUT2D eigenvalue weighted by molar-refractivity contribution is 5.82. The molecule has 0 saturated heterocycles. The number of aromatic nitrogens is 1. The van der Waals surface area contributed by atoms with E-state index >= 15 is 0 Å². The standard InChI is InChI=1S/C14H17NO2/c1-4-12-9(2)14(16)11-7-5-6-10(8-17-3)13(11)15-12/h5-7H,4,8H2,1-3H3,(H,15,16). The van der Waals surface area contributed by atoms with Gasteiger partial charge in [0.05, 0.1) is 12.1 Å². The number of nitrogens with one attached hydrogen (secondary N) is 1. The number of benzene rings is 1. The molecule has 0 amide bonds. The lowest BCUT2D eigenvalue weighted by atomic mass is 10.0. The Hall–Kier alpha value is -1.61. The SMILES string of the molecule is CCc1[nH]c2c(COC)cccc2c(=O)c1C. The quantitative estimate of drug-likeness (QED) is 0.882. The van der Waals surface area contributed by atoms with Gasteiger partial charge < -0.3 is 9.72 Å². The predicted molar refractivity (Wildman–Crippen MR) is 69.4 cm³/mol. The van der Waals surface area contributed by atoms with Crippen molar-refractivity contribution < 1.29 is 4.74 Å². The molecule has 90 valence electrons. The second kappa shape index (κ2) is 4.72. The number of fused-ring (bicyclic) bond motifs is 1. The summed E-state index contributed by atoms with van der Waals surface area (Å²) in [4.78, 5) is 15.6. The Morgan fingerprint density at radius 1 is 1.35 bits per heavy atom. The molecular formula is C14H17NO2. The number of methoxy groups -OCH3 is 1. The van der Waals surface area contributed by atoms with Crippen LogP contribution in [-0.2, 0) is 17.8 Å². The molecule has 0 saturated carbocycles. The molecule has 2 aromatic rings. The smallest absolute Gasteiger partial charge is 0.192 e. The molecule has 0 aliphatic carbocycles. The van der Waals surface area contributed by atoms with Gasteiger partial charge in [0, 0.05) is 29.3 Å². The van der Waals surface area contributed by atoms with E-state index in [2.05, 4.69) is 4.98 Å². The third kappa shape index (κ3) is 1.98. The van der Waals surface area contributed by atoms with Gasteiger partial charge >= 0.3 is 0 Å². The van der Waals surface area contributed by atoms with E-state index in [0.717, 1.165) is 34.1 Å². The van der Waals surface area contributed by atoms with E-state index in [4.69, 9.17) is 4.74 Å². The van der Waals surface area contributed by atoms with Crippen molar-refractivity contribution in [3.8, 4) is 0 Å². The summed E-state index contributed by atoms with van der Waals surface area (Å²) >= 11 is 0. The first-order chi connectivity index (χ1) is 8.19. The van der Waals surface area contributed by atoms with Crippen LogP contribution in [0.2, 0.25) is 0 Å². The number of hydrogen-bond donors (Lipinski definition) is 1. The fraction of sp³-hybridized carbons (Fsp3) is 0.357. The molecule has 0 bridgehead atoms. The molecule has 0 aliphatic heterocycles. The van der Waals surface area contributed by atoms with Gasteiger partial charge in [-0.2, -0.15) is 0 Å². The number of ether oxygens (including phenoxy) is 1. The fourth-order valence-corrected chi connectivity index (χ4v) is 2.15. The minimum absolute atomic E-state index is 0.119. The van der Waals surface area contributed by atoms with Crippen LogP contribution in [0.1, 0.15) is 23.7 Å². The predicted octanol–water partition coefficient (Wildman–Crippen LogP) is 2.55. The second-order valence-corrected chi connectivity index (χ2v) is 4.18. The number of rotatable bonds is 3. The van der Waals surface area contributed by atoms with Crippen molar-refractivity contribution in [1.29, 1.82) is 0 Å². The Labute approximate surface area is 100 Å². The summed E-state index contributed by atoms with van der Waals surface area (Å²) in [5.74, 6) is 0. The maximum Gasteiger partial charge on any atom is 0.192 e. The molecule has 1 aromatic carbocycles. The molecule has 3 nitrogen and oxygen atoms in total. The Morgan fingerprint density at radius 2 is 2.12 bits per heavy atom. The summed E-state index contributed by atoms with van der Waals surface area (Å²) in [7, 11) is 1.66. The van der Waals surface area contributed by atoms with E-state index in [1.807, 2.05) is 32.0 Å². The second-order valence-electron chi connectivity index (χ2n) is 4.18. The molecule has 17 heavy (non-hydrogen) atoms. The molecule has 0 spiro atoms. The first-order valence-electron chi connectivity index (χ1n) is 5.81. The first kappa shape index (κ1) is 11.9. The Kier molecular flexibility index (Phi) is 3.29. The summed E-state index contributed by atoms with van der Waals surface area (Å²) < 4.78 is 5.16. The average molecular weight is 231 g/mol. The van der Waals surface area contributed by atoms with Gasteiger partial charge in [-0.05, 0) is 19.4 Å². The molecule has 3 heteroatoms. The molecule has 0 fully saturated rings. The lowest BCUT2D eigenvalue weighted by Gasteiger charge is -2.10. The zero-order valence-corrected chi connectivity index (χ0v) is 10.5. The fourth-order valence-electron chi connectivity index (χ4n) is 2.15. The Morgan fingerprint density at radius 3 is 2.76 bits per heavy atom. The van der Waals surface area contributed by atoms with Gasteiger partial charge in [-0.25, -0.2) is 0 Å². The lowest BCUT2D eigenvalue weighted by Crippen LogP contribution is -2.12. The van der Waals surface area contributed by atoms with Crippen molar-refractivity contribution >= 4 is 10.9 Å². The third-order valence-corrected chi connectivity index (χ3v) is 3.12. The average Bonchev–Trinajstić information content (AvgIpc) is 2.34. The van der Waals surface area contributed by atoms with Crippen molar-refractivity contribution in [2.45, 2.75) is 26.9 Å². The molecule has 1 N–H and O–H groups in total. The van der Waals surface area contributed by atoms with Gasteiger partial charge in [0.25, 0.3) is 0 Å². The van der Waals surface area contributed by atoms with Gasteiger partial charge in [0.2, 0.25) is 0 Å². The van der Waals surface area contributed by atoms with Gasteiger partial charge in [-0.1, -0.05) is 19.1 Å². The Balaban J connectivity index is 2.82. The first-order valence-corrected chi connectivity index (χ1v) is 5.81. The van der Waals surface area contributed by atoms with Crippen LogP contribution in [-0.4, -0.2) is 12.1 Å². The number of para-hydroxylation sites is 1. The van der Waals surface area contributed by atoms with Crippen LogP contribution in [0.3, 0.4) is 0 Å². The molecule has 2 rings (SSSR count). The zero-order chi connectivity index (χ0) is 12.4. The molecule has 0 radical (unpaired) electrons. The van der Waals surface area contributed by atoms with Crippen molar-refractivity contribution in [3.05, 3.63) is 45.2 Å². The van der Waals surface area contributed by atoms with E-state index < -0.39 is 0 Å². The van der Waals surface area contributed by atoms with E-state index in [-0.39, 0.29) is 5.43 Å². The van der Waals surface area contributed by atoms with Gasteiger partial charge in [0.1, 0.15) is 0 Å². The maximum atomic E-state index is 12.2. The summed E-state index contributed by atoms with van der Waals surface area (Å²) in [5, 5.41) is 0.745. The number of H-pyrrole nitrogens is 1. The molecule has 1 heterocycles. The summed E-state index contributed by atoms with van der Waals surface area (Å²) in [6.07, 6.45) is 0.832. The van der Waals surface area contributed by atoms with Crippen molar-refractivity contribution in [1.82, 2.24) is 4.98 Å². The lowest BCUT2D eigenvalue weighted by molar-refractivity contribution is 0.186. The minimum atomic E-state index is 0.119. The minimum Gasteiger partial charge on any atom is -0.380 e. The summed E-state index contributed by atoms with van der Waals surface area (Å²) in [6, 6.07) is 5.74. The van der Waals surface area contributed by atoms with Crippen LogP contribution in [0.15, 0.2) is 23.0 Å². The monoisotopic (exact) mass is 231 g/mol. The van der Waals surface area contributed by atoms with Crippen LogP contribution in [0.5, 0.6) is 0 Å². The zero-order valence-electron chi connectivity index (χ0n) is 10.5. The normalized spacial score (nSPS) is 11.0. The van der Waals surface area contributed by atoms with Crippen molar-refractivity contribution in [3.63, 3.8) is 0 Å². The molecule has 0 unspecified atom stereocenters. The van der Waals surface area contributed by atoms with E-state index in [1.165, 1.54) is 0 Å². The Bertz CT molecular complexity index is 599. The van der Waals surface area contributed by atoms with E-state index in [1.54, 1.807) is 7.11 Å². The highest BCUT2D eigenvalue weighted by atomic mass is 16.5. The van der Waals surface area contributed by atoms with Gasteiger partial charge in [0.15, 0.2) is 5.43 Å². The van der Waals surface area contributed by atoms with Crippen molar-refractivity contribution in [2.75, 3.05) is 7.11 Å². The number of aromatic amines is 1. The molecule has 0 aliphatic rings. The van der Waals surface area contributed by atoms with Crippen LogP contribution in [0, 0.1) is 6.92 Å². The van der Waals surface area contributed by atoms with Crippen LogP contribution < -0.4 is 5.43 Å². The maximum absolute atomic E-state index is 12.2. The number of pyridine rings is 1. The number of aryl methyl sites for hydroxylation is 1. The highest BCUT2D eigenvalue weighted by Gasteiger charge is 2.09. The summed E-state index contributed by atoms with van der Waals surface area (Å²) in [6.45, 7) is 4.43. The van der Waals surface area contributed by atoms with Gasteiger partial charge in [-0.15, -0.1) is 0 Å². The number of hydrogen-bond acceptors (Lipinski definition) is 2. The van der Waals surface area contributed by atoms with E-state index in [9.17, 15) is 4.79 Å². The summed E-state index contributed by atoms with van der Waals surface area (Å²) in [5.41, 5.74) is 3.87.